The van der Waals surface area contributed by atoms with Crippen molar-refractivity contribution in [2.75, 3.05) is 13.1 Å². The summed E-state index contributed by atoms with van der Waals surface area (Å²) in [6, 6.07) is 4.87. The van der Waals surface area contributed by atoms with Crippen LogP contribution in [-0.4, -0.2) is 37.0 Å². The molecule has 0 amide bonds. The fraction of sp³-hybridized carbons (Fsp3) is 0.545. The van der Waals surface area contributed by atoms with Crippen LogP contribution in [0.25, 0.3) is 0 Å². The Morgan fingerprint density at radius 3 is 2.83 bits per heavy atom. The van der Waals surface area contributed by atoms with Gasteiger partial charge in [-0.05, 0) is 24.5 Å². The Kier molecular flexibility index (Phi) is 3.73. The van der Waals surface area contributed by atoms with Gasteiger partial charge in [-0.15, -0.1) is 11.3 Å². The average Bonchev–Trinajstić information content (AvgIpc) is 2.81. The summed E-state index contributed by atoms with van der Waals surface area (Å²) in [5, 5.41) is 18.5. The van der Waals surface area contributed by atoms with Gasteiger partial charge in [-0.25, -0.2) is 8.42 Å². The molecule has 1 saturated heterocycles. The molecule has 1 fully saturated rings. The van der Waals surface area contributed by atoms with E-state index in [0.29, 0.717) is 17.8 Å². The summed E-state index contributed by atoms with van der Waals surface area (Å²) in [5.74, 6) is 0.120. The second-order valence-corrected chi connectivity index (χ2v) is 7.68. The average molecular weight is 286 g/mol. The maximum Gasteiger partial charge on any atom is 0.252 e. The van der Waals surface area contributed by atoms with Crippen LogP contribution in [0.4, 0.5) is 0 Å². The van der Waals surface area contributed by atoms with Crippen LogP contribution >= 0.6 is 11.3 Å². The molecule has 1 aromatic heterocycles. The van der Waals surface area contributed by atoms with Gasteiger partial charge in [0.25, 0.3) is 10.0 Å². The zero-order valence-electron chi connectivity index (χ0n) is 9.91. The Labute approximate surface area is 110 Å². The van der Waals surface area contributed by atoms with E-state index in [1.165, 1.54) is 16.4 Å². The van der Waals surface area contributed by atoms with Gasteiger partial charge < -0.3 is 5.11 Å². The fourth-order valence-electron chi connectivity index (χ4n) is 1.88. The number of nitriles is 1. The number of nitrogens with zero attached hydrogens (tertiary/aromatic N) is 2. The Hall–Kier alpha value is -0.940. The Bertz CT molecular complexity index is 573. The smallest absolute Gasteiger partial charge is 0.252 e. The van der Waals surface area contributed by atoms with E-state index in [9.17, 15) is 13.5 Å². The molecule has 1 aliphatic rings. The van der Waals surface area contributed by atoms with Crippen molar-refractivity contribution in [3.05, 3.63) is 17.0 Å². The lowest BCUT2D eigenvalue weighted by Crippen LogP contribution is -2.45. The standard InChI is InChI=1S/C11H14N2O3S2/c1-8-4-5-13(7-10(8)14)18(15,16)11-3-2-9(6-12)17-11/h2-3,8,10,14H,4-5,7H2,1H3. The Morgan fingerprint density at radius 1 is 1.56 bits per heavy atom. The van der Waals surface area contributed by atoms with Crippen LogP contribution in [0.2, 0.25) is 0 Å². The minimum Gasteiger partial charge on any atom is -0.391 e. The number of hydrogen-bond donors (Lipinski definition) is 1. The molecule has 1 aromatic rings. The number of thiophene rings is 1. The van der Waals surface area contributed by atoms with Gasteiger partial charge >= 0.3 is 0 Å². The molecule has 2 atom stereocenters. The van der Waals surface area contributed by atoms with Gasteiger partial charge in [-0.1, -0.05) is 6.92 Å². The molecule has 18 heavy (non-hydrogen) atoms. The molecule has 0 saturated carbocycles. The van der Waals surface area contributed by atoms with Crippen molar-refractivity contribution < 1.29 is 13.5 Å². The first-order chi connectivity index (χ1) is 8.45. The van der Waals surface area contributed by atoms with Gasteiger partial charge in [0, 0.05) is 13.1 Å². The summed E-state index contributed by atoms with van der Waals surface area (Å²) in [5.41, 5.74) is 0. The molecule has 2 unspecified atom stereocenters. The third kappa shape index (κ3) is 2.42. The van der Waals surface area contributed by atoms with Crippen LogP contribution in [0.15, 0.2) is 16.3 Å². The molecular weight excluding hydrogens is 272 g/mol. The maximum atomic E-state index is 12.3. The van der Waals surface area contributed by atoms with Crippen molar-refractivity contribution in [2.45, 2.75) is 23.7 Å². The number of aliphatic hydroxyl groups is 1. The molecule has 0 radical (unpaired) electrons. The number of piperidine rings is 1. The van der Waals surface area contributed by atoms with Gasteiger partial charge in [0.15, 0.2) is 0 Å². The van der Waals surface area contributed by atoms with E-state index in [-0.39, 0.29) is 16.7 Å². The Balaban J connectivity index is 2.24. The summed E-state index contributed by atoms with van der Waals surface area (Å²) >= 11 is 0.963. The Morgan fingerprint density at radius 2 is 2.28 bits per heavy atom. The van der Waals surface area contributed by atoms with E-state index in [0.717, 1.165) is 11.3 Å². The van der Waals surface area contributed by atoms with Crippen molar-refractivity contribution in [2.24, 2.45) is 5.92 Å². The lowest BCUT2D eigenvalue weighted by atomic mass is 9.98. The summed E-state index contributed by atoms with van der Waals surface area (Å²) in [4.78, 5) is 0.375. The van der Waals surface area contributed by atoms with Crippen molar-refractivity contribution >= 4 is 21.4 Å². The van der Waals surface area contributed by atoms with Crippen LogP contribution < -0.4 is 0 Å². The van der Waals surface area contributed by atoms with E-state index in [1.807, 2.05) is 13.0 Å². The highest BCUT2D eigenvalue weighted by Gasteiger charge is 2.33. The van der Waals surface area contributed by atoms with Crippen molar-refractivity contribution in [3.63, 3.8) is 0 Å². The summed E-state index contributed by atoms with van der Waals surface area (Å²) in [7, 11) is -3.57. The minimum absolute atomic E-state index is 0.120. The summed E-state index contributed by atoms with van der Waals surface area (Å²) < 4.78 is 26.0. The number of β-amino-alcohol motifs (C(OH)–C–C–N with tert-alkyl or cyclic N) is 1. The van der Waals surface area contributed by atoms with Gasteiger partial charge in [0.2, 0.25) is 0 Å². The summed E-state index contributed by atoms with van der Waals surface area (Å²) in [6.45, 7) is 2.46. The second-order valence-electron chi connectivity index (χ2n) is 4.43. The van der Waals surface area contributed by atoms with Gasteiger partial charge in [0.05, 0.1) is 6.10 Å². The normalized spacial score (nSPS) is 25.8. The number of aliphatic hydroxyl groups excluding tert-OH is 1. The quantitative estimate of drug-likeness (QED) is 0.879. The zero-order chi connectivity index (χ0) is 13.3. The molecule has 5 nitrogen and oxygen atoms in total. The van der Waals surface area contributed by atoms with Crippen LogP contribution in [0.5, 0.6) is 0 Å². The molecule has 98 valence electrons. The molecule has 0 spiro atoms. The van der Waals surface area contributed by atoms with Crippen LogP contribution in [0.1, 0.15) is 18.2 Å². The molecule has 0 bridgehead atoms. The topological polar surface area (TPSA) is 81.4 Å². The third-order valence-corrected chi connectivity index (χ3v) is 6.49. The molecular formula is C11H14N2O3S2. The lowest BCUT2D eigenvalue weighted by Gasteiger charge is -2.32. The minimum atomic E-state index is -3.57. The largest absolute Gasteiger partial charge is 0.391 e. The summed E-state index contributed by atoms with van der Waals surface area (Å²) in [6.07, 6.45) is 0.0283. The fourth-order valence-corrected chi connectivity index (χ4v) is 4.61. The zero-order valence-corrected chi connectivity index (χ0v) is 11.5. The van der Waals surface area contributed by atoms with Gasteiger partial charge in [-0.3, -0.25) is 0 Å². The first-order valence-electron chi connectivity index (χ1n) is 5.63. The number of sulfonamides is 1. The highest BCUT2D eigenvalue weighted by molar-refractivity contribution is 7.91. The number of hydrogen-bond acceptors (Lipinski definition) is 5. The predicted octanol–water partition coefficient (Wildman–Crippen LogP) is 1.01. The lowest BCUT2D eigenvalue weighted by molar-refractivity contribution is 0.0606. The van der Waals surface area contributed by atoms with Crippen molar-refractivity contribution in [3.8, 4) is 6.07 Å². The van der Waals surface area contributed by atoms with Crippen LogP contribution in [0.3, 0.4) is 0 Å². The predicted molar refractivity (Wildman–Crippen MR) is 67.6 cm³/mol. The first kappa shape index (κ1) is 13.5. The second kappa shape index (κ2) is 4.97. The van der Waals surface area contributed by atoms with E-state index >= 15 is 0 Å². The van der Waals surface area contributed by atoms with Crippen LogP contribution in [0, 0.1) is 17.2 Å². The van der Waals surface area contributed by atoms with E-state index in [4.69, 9.17) is 5.26 Å². The van der Waals surface area contributed by atoms with E-state index < -0.39 is 16.1 Å². The third-order valence-electron chi connectivity index (χ3n) is 3.17. The molecule has 2 rings (SSSR count). The molecule has 0 aromatic carbocycles. The van der Waals surface area contributed by atoms with Crippen molar-refractivity contribution in [1.29, 1.82) is 5.26 Å². The SMILES string of the molecule is CC1CCN(S(=O)(=O)c2ccc(C#N)s2)CC1O. The van der Waals surface area contributed by atoms with Gasteiger partial charge in [0.1, 0.15) is 15.2 Å². The van der Waals surface area contributed by atoms with E-state index in [1.54, 1.807) is 0 Å². The first-order valence-corrected chi connectivity index (χ1v) is 7.89. The van der Waals surface area contributed by atoms with Crippen molar-refractivity contribution in [1.82, 2.24) is 4.31 Å². The molecule has 1 N–H and O–H groups in total. The molecule has 2 heterocycles. The monoisotopic (exact) mass is 286 g/mol. The van der Waals surface area contributed by atoms with E-state index in [2.05, 4.69) is 0 Å². The highest BCUT2D eigenvalue weighted by atomic mass is 32.2. The van der Waals surface area contributed by atoms with Crippen LogP contribution in [-0.2, 0) is 10.0 Å². The highest BCUT2D eigenvalue weighted by Crippen LogP contribution is 2.28. The maximum absolute atomic E-state index is 12.3. The molecule has 7 heteroatoms. The molecule has 0 aliphatic carbocycles. The van der Waals surface area contributed by atoms with Gasteiger partial charge in [-0.2, -0.15) is 9.57 Å². The number of rotatable bonds is 2. The molecule has 1 aliphatic heterocycles.